The molecule has 1 aromatic heterocycles. The van der Waals surface area contributed by atoms with Gasteiger partial charge in [0.1, 0.15) is 5.82 Å². The second-order valence-electron chi connectivity index (χ2n) is 3.70. The van der Waals surface area contributed by atoms with Crippen molar-refractivity contribution in [1.82, 2.24) is 10.2 Å². The van der Waals surface area contributed by atoms with Crippen LogP contribution in [0.5, 0.6) is 0 Å². The summed E-state index contributed by atoms with van der Waals surface area (Å²) in [6.07, 6.45) is 0. The Morgan fingerprint density at radius 1 is 1.06 bits per heavy atom. The first-order valence-electron chi connectivity index (χ1n) is 6.27. The maximum atomic E-state index is 5.53. The van der Waals surface area contributed by atoms with E-state index in [1.165, 1.54) is 0 Å². The molecule has 0 aliphatic heterocycles. The number of nitrogen functional groups attached to an aromatic ring is 1. The van der Waals surface area contributed by atoms with Crippen LogP contribution in [0.15, 0.2) is 12.1 Å². The van der Waals surface area contributed by atoms with Crippen molar-refractivity contribution in [3.63, 3.8) is 0 Å². The molecule has 2 N–H and O–H groups in total. The zero-order valence-corrected chi connectivity index (χ0v) is 11.1. The Bertz CT molecular complexity index is 308. The van der Waals surface area contributed by atoms with Gasteiger partial charge in [-0.1, -0.05) is 0 Å². The van der Waals surface area contributed by atoms with E-state index in [0.717, 1.165) is 18.9 Å². The Morgan fingerprint density at radius 3 is 2.11 bits per heavy atom. The third kappa shape index (κ3) is 5.29. The van der Waals surface area contributed by atoms with Crippen molar-refractivity contribution in [2.24, 2.45) is 0 Å². The lowest BCUT2D eigenvalue weighted by Gasteiger charge is -2.22. The lowest BCUT2D eigenvalue weighted by atomic mass is 10.4. The van der Waals surface area contributed by atoms with Gasteiger partial charge in [-0.2, -0.15) is 0 Å². The number of hydrogen-bond acceptors (Lipinski definition) is 6. The lowest BCUT2D eigenvalue weighted by Crippen LogP contribution is -2.32. The Morgan fingerprint density at radius 2 is 1.67 bits per heavy atom. The summed E-state index contributed by atoms with van der Waals surface area (Å²) in [6, 6.07) is 3.61. The van der Waals surface area contributed by atoms with Crippen LogP contribution in [-0.2, 0) is 9.47 Å². The summed E-state index contributed by atoms with van der Waals surface area (Å²) in [5.74, 6) is 1.22. The van der Waals surface area contributed by atoms with Crippen LogP contribution in [0.25, 0.3) is 0 Å². The Hall–Kier alpha value is -1.40. The number of anilines is 2. The molecular weight excluding hydrogens is 232 g/mol. The number of aromatic nitrogens is 2. The fraction of sp³-hybridized carbons (Fsp3) is 0.667. The van der Waals surface area contributed by atoms with Gasteiger partial charge in [0.15, 0.2) is 5.82 Å². The predicted molar refractivity (Wildman–Crippen MR) is 71.6 cm³/mol. The van der Waals surface area contributed by atoms with Crippen molar-refractivity contribution < 1.29 is 9.47 Å². The molecule has 1 aromatic rings. The first kappa shape index (κ1) is 14.7. The van der Waals surface area contributed by atoms with E-state index in [2.05, 4.69) is 15.1 Å². The zero-order chi connectivity index (χ0) is 13.2. The third-order valence-corrected chi connectivity index (χ3v) is 2.41. The summed E-state index contributed by atoms with van der Waals surface area (Å²) in [5, 5.41) is 7.94. The zero-order valence-electron chi connectivity index (χ0n) is 11.1. The van der Waals surface area contributed by atoms with Gasteiger partial charge in [-0.05, 0) is 26.0 Å². The largest absolute Gasteiger partial charge is 0.382 e. The van der Waals surface area contributed by atoms with Gasteiger partial charge in [0.2, 0.25) is 0 Å². The summed E-state index contributed by atoms with van der Waals surface area (Å²) < 4.78 is 10.7. The Kier molecular flexibility index (Phi) is 7.05. The quantitative estimate of drug-likeness (QED) is 0.661. The van der Waals surface area contributed by atoms with Crippen molar-refractivity contribution in [2.75, 3.05) is 50.2 Å². The highest BCUT2D eigenvalue weighted by Crippen LogP contribution is 2.09. The summed E-state index contributed by atoms with van der Waals surface area (Å²) >= 11 is 0. The molecule has 1 rings (SSSR count). The molecule has 102 valence electrons. The highest BCUT2D eigenvalue weighted by Gasteiger charge is 2.08. The third-order valence-electron chi connectivity index (χ3n) is 2.41. The number of nitrogens with zero attached hydrogens (tertiary/aromatic N) is 3. The van der Waals surface area contributed by atoms with Crippen LogP contribution in [0.2, 0.25) is 0 Å². The van der Waals surface area contributed by atoms with Crippen LogP contribution in [0.4, 0.5) is 11.6 Å². The standard InChI is InChI=1S/C12H22N4O2/c1-3-17-9-7-16(8-10-18-4-2)12-6-5-11(13)14-15-12/h5-6H,3-4,7-10H2,1-2H3,(H2,13,14). The second kappa shape index (κ2) is 8.66. The number of nitrogens with two attached hydrogens (primary N) is 1. The van der Waals surface area contributed by atoms with E-state index in [1.807, 2.05) is 19.9 Å². The van der Waals surface area contributed by atoms with E-state index in [4.69, 9.17) is 15.2 Å². The van der Waals surface area contributed by atoms with E-state index < -0.39 is 0 Å². The average molecular weight is 254 g/mol. The van der Waals surface area contributed by atoms with Gasteiger partial charge in [-0.25, -0.2) is 0 Å². The van der Waals surface area contributed by atoms with Gasteiger partial charge in [0, 0.05) is 26.3 Å². The van der Waals surface area contributed by atoms with Gasteiger partial charge in [0.25, 0.3) is 0 Å². The predicted octanol–water partition coefficient (Wildman–Crippen LogP) is 0.938. The van der Waals surface area contributed by atoms with Crippen LogP contribution >= 0.6 is 0 Å². The molecule has 0 saturated carbocycles. The maximum Gasteiger partial charge on any atom is 0.151 e. The molecule has 0 fully saturated rings. The van der Waals surface area contributed by atoms with Crippen LogP contribution in [0, 0.1) is 0 Å². The lowest BCUT2D eigenvalue weighted by molar-refractivity contribution is 0.141. The van der Waals surface area contributed by atoms with Crippen LogP contribution in [0.1, 0.15) is 13.8 Å². The molecule has 0 spiro atoms. The SMILES string of the molecule is CCOCCN(CCOCC)c1ccc(N)nn1. The van der Waals surface area contributed by atoms with Crippen molar-refractivity contribution in [1.29, 1.82) is 0 Å². The van der Waals surface area contributed by atoms with E-state index in [-0.39, 0.29) is 0 Å². The van der Waals surface area contributed by atoms with Crippen molar-refractivity contribution >= 4 is 11.6 Å². The minimum atomic E-state index is 0.424. The molecule has 0 atom stereocenters. The molecule has 0 unspecified atom stereocenters. The smallest absolute Gasteiger partial charge is 0.151 e. The van der Waals surface area contributed by atoms with Crippen LogP contribution < -0.4 is 10.6 Å². The van der Waals surface area contributed by atoms with E-state index in [0.29, 0.717) is 32.2 Å². The molecule has 0 amide bonds. The number of hydrogen-bond donors (Lipinski definition) is 1. The van der Waals surface area contributed by atoms with Gasteiger partial charge < -0.3 is 20.1 Å². The van der Waals surface area contributed by atoms with Crippen LogP contribution in [0.3, 0.4) is 0 Å². The molecule has 0 radical (unpaired) electrons. The topological polar surface area (TPSA) is 73.5 Å². The second-order valence-corrected chi connectivity index (χ2v) is 3.70. The summed E-state index contributed by atoms with van der Waals surface area (Å²) in [7, 11) is 0. The van der Waals surface area contributed by atoms with Crippen molar-refractivity contribution in [2.45, 2.75) is 13.8 Å². The molecule has 18 heavy (non-hydrogen) atoms. The van der Waals surface area contributed by atoms with Gasteiger partial charge >= 0.3 is 0 Å². The summed E-state index contributed by atoms with van der Waals surface area (Å²) in [4.78, 5) is 2.08. The van der Waals surface area contributed by atoms with Gasteiger partial charge in [-0.3, -0.25) is 0 Å². The first-order chi connectivity index (χ1) is 8.77. The molecular formula is C12H22N4O2. The van der Waals surface area contributed by atoms with Crippen LogP contribution in [-0.4, -0.2) is 49.7 Å². The van der Waals surface area contributed by atoms with Gasteiger partial charge in [-0.15, -0.1) is 10.2 Å². The van der Waals surface area contributed by atoms with Gasteiger partial charge in [0.05, 0.1) is 13.2 Å². The van der Waals surface area contributed by atoms with E-state index >= 15 is 0 Å². The fourth-order valence-electron chi connectivity index (χ4n) is 1.48. The van der Waals surface area contributed by atoms with E-state index in [1.54, 1.807) is 6.07 Å². The monoisotopic (exact) mass is 254 g/mol. The average Bonchev–Trinajstić information content (AvgIpc) is 2.38. The van der Waals surface area contributed by atoms with Crippen molar-refractivity contribution in [3.05, 3.63) is 12.1 Å². The molecule has 0 aliphatic carbocycles. The number of rotatable bonds is 9. The molecule has 0 saturated heterocycles. The van der Waals surface area contributed by atoms with E-state index in [9.17, 15) is 0 Å². The van der Waals surface area contributed by atoms with Crippen molar-refractivity contribution in [3.8, 4) is 0 Å². The molecule has 6 nitrogen and oxygen atoms in total. The Balaban J connectivity index is 2.54. The molecule has 1 heterocycles. The minimum Gasteiger partial charge on any atom is -0.382 e. The summed E-state index contributed by atoms with van der Waals surface area (Å²) in [5.41, 5.74) is 5.53. The summed E-state index contributed by atoms with van der Waals surface area (Å²) in [6.45, 7) is 8.24. The fourth-order valence-corrected chi connectivity index (χ4v) is 1.48. The Labute approximate surface area is 108 Å². The highest BCUT2D eigenvalue weighted by atomic mass is 16.5. The highest BCUT2D eigenvalue weighted by molar-refractivity contribution is 5.41. The first-order valence-corrected chi connectivity index (χ1v) is 6.27. The maximum absolute atomic E-state index is 5.53. The number of ether oxygens (including phenoxy) is 2. The molecule has 0 bridgehead atoms. The molecule has 0 aliphatic rings. The minimum absolute atomic E-state index is 0.424. The molecule has 0 aromatic carbocycles. The molecule has 6 heteroatoms. The normalized spacial score (nSPS) is 10.6.